The quantitative estimate of drug-likeness (QED) is 0.0262. The molecule has 0 aliphatic carbocycles. The average molecular weight is 964 g/mol. The van der Waals surface area contributed by atoms with Gasteiger partial charge in [0.1, 0.15) is 13.2 Å². The van der Waals surface area contributed by atoms with Crippen LogP contribution in [0, 0.1) is 0 Å². The Labute approximate surface area is 427 Å². The second kappa shape index (κ2) is 57.4. The Bertz CT molecular complexity index is 1290. The van der Waals surface area contributed by atoms with Crippen molar-refractivity contribution in [3.05, 3.63) is 72.9 Å². The summed E-state index contributed by atoms with van der Waals surface area (Å²) < 4.78 is 16.8. The van der Waals surface area contributed by atoms with Crippen LogP contribution in [0.5, 0.6) is 0 Å². The van der Waals surface area contributed by atoms with Crippen molar-refractivity contribution in [1.82, 2.24) is 0 Å². The fourth-order valence-electron chi connectivity index (χ4n) is 8.30. The number of rotatable bonds is 53. The van der Waals surface area contributed by atoms with E-state index in [0.29, 0.717) is 19.3 Å². The molecular formula is C63H110O6. The van der Waals surface area contributed by atoms with Crippen LogP contribution in [0.3, 0.4) is 0 Å². The molecule has 0 bridgehead atoms. The van der Waals surface area contributed by atoms with E-state index in [0.717, 1.165) is 77.0 Å². The molecule has 1 atom stereocenters. The lowest BCUT2D eigenvalue weighted by atomic mass is 10.0. The minimum absolute atomic E-state index is 0.0967. The summed E-state index contributed by atoms with van der Waals surface area (Å²) in [6, 6.07) is 0. The van der Waals surface area contributed by atoms with Gasteiger partial charge in [0.15, 0.2) is 6.10 Å². The zero-order chi connectivity index (χ0) is 50.0. The van der Waals surface area contributed by atoms with Crippen molar-refractivity contribution in [2.75, 3.05) is 13.2 Å². The zero-order valence-corrected chi connectivity index (χ0v) is 45.6. The molecule has 0 amide bonds. The van der Waals surface area contributed by atoms with E-state index in [9.17, 15) is 14.4 Å². The van der Waals surface area contributed by atoms with E-state index >= 15 is 0 Å². The minimum Gasteiger partial charge on any atom is -0.462 e. The monoisotopic (exact) mass is 963 g/mol. The highest BCUT2D eigenvalue weighted by atomic mass is 16.6. The third-order valence-electron chi connectivity index (χ3n) is 12.7. The molecule has 0 saturated heterocycles. The van der Waals surface area contributed by atoms with Crippen LogP contribution >= 0.6 is 0 Å². The molecule has 6 heteroatoms. The first-order valence-electron chi connectivity index (χ1n) is 29.4. The Balaban J connectivity index is 4.43. The van der Waals surface area contributed by atoms with Crippen molar-refractivity contribution < 1.29 is 28.6 Å². The summed E-state index contributed by atoms with van der Waals surface area (Å²) in [5.74, 6) is -0.949. The number of hydrogen-bond acceptors (Lipinski definition) is 6. The van der Waals surface area contributed by atoms with Gasteiger partial charge in [-0.25, -0.2) is 0 Å². The maximum absolute atomic E-state index is 12.8. The van der Waals surface area contributed by atoms with Crippen molar-refractivity contribution in [2.45, 2.75) is 297 Å². The number of unbranched alkanes of at least 4 members (excludes halogenated alkanes) is 30. The zero-order valence-electron chi connectivity index (χ0n) is 45.6. The molecule has 1 unspecified atom stereocenters. The standard InChI is InChI=1S/C63H110O6/c1-4-7-10-13-16-19-22-25-28-30-31-33-35-38-41-44-47-50-53-56-62(65)68-59-60(58-67-61(64)55-52-49-46-43-40-37-34-27-24-21-18-15-12-9-6-3)69-63(66)57-54-51-48-45-42-39-36-32-29-26-23-20-17-14-11-8-5-2/h8,11,17,20-21,24,26,29,36,39,45,48,60H,4-7,9-10,12-16,18-19,22-23,25,27-28,30-35,37-38,40-44,46-47,49-59H2,1-3H3/b11-8-,20-17-,24-21-,29-26-,39-36-,48-45-. The topological polar surface area (TPSA) is 78.9 Å². The molecule has 0 aromatic carbocycles. The summed E-state index contributed by atoms with van der Waals surface area (Å²) in [6.45, 7) is 6.49. The predicted octanol–water partition coefficient (Wildman–Crippen LogP) is 19.8. The number of ether oxygens (including phenoxy) is 3. The van der Waals surface area contributed by atoms with E-state index in [4.69, 9.17) is 14.2 Å². The molecule has 0 aromatic rings. The maximum Gasteiger partial charge on any atom is 0.306 e. The highest BCUT2D eigenvalue weighted by molar-refractivity contribution is 5.71. The van der Waals surface area contributed by atoms with Crippen LogP contribution in [-0.2, 0) is 28.6 Å². The van der Waals surface area contributed by atoms with Gasteiger partial charge in [-0.2, -0.15) is 0 Å². The van der Waals surface area contributed by atoms with E-state index in [1.807, 2.05) is 0 Å². The fourth-order valence-corrected chi connectivity index (χ4v) is 8.30. The molecule has 0 aliphatic heterocycles. The molecule has 0 heterocycles. The van der Waals surface area contributed by atoms with Crippen LogP contribution in [0.4, 0.5) is 0 Å². The molecular weight excluding hydrogens is 853 g/mol. The van der Waals surface area contributed by atoms with Crippen LogP contribution in [0.2, 0.25) is 0 Å². The van der Waals surface area contributed by atoms with Gasteiger partial charge in [0.25, 0.3) is 0 Å². The van der Waals surface area contributed by atoms with Crippen LogP contribution in [0.15, 0.2) is 72.9 Å². The van der Waals surface area contributed by atoms with Gasteiger partial charge in [-0.15, -0.1) is 0 Å². The van der Waals surface area contributed by atoms with Gasteiger partial charge in [0.2, 0.25) is 0 Å². The van der Waals surface area contributed by atoms with E-state index in [2.05, 4.69) is 93.7 Å². The predicted molar refractivity (Wildman–Crippen MR) is 298 cm³/mol. The van der Waals surface area contributed by atoms with Crippen LogP contribution < -0.4 is 0 Å². The molecule has 0 spiro atoms. The summed E-state index contributed by atoms with van der Waals surface area (Å²) in [7, 11) is 0. The van der Waals surface area contributed by atoms with Gasteiger partial charge in [0, 0.05) is 19.3 Å². The SMILES string of the molecule is CC/C=C\C/C=C\C/C=C\C/C=C\C/C=C\CCCC(=O)OC(COC(=O)CCCCCCCCC/C=C\CCCCCC)COC(=O)CCCCCCCCCCCCCCCCCCCCC. The summed E-state index contributed by atoms with van der Waals surface area (Å²) in [4.78, 5) is 38.2. The Morgan fingerprint density at radius 1 is 0.304 bits per heavy atom. The van der Waals surface area contributed by atoms with Crippen molar-refractivity contribution in [1.29, 1.82) is 0 Å². The number of carbonyl (C=O) groups excluding carboxylic acids is 3. The third kappa shape index (κ3) is 55.6. The van der Waals surface area contributed by atoms with Crippen molar-refractivity contribution in [3.8, 4) is 0 Å². The Kier molecular flexibility index (Phi) is 54.8. The summed E-state index contributed by atoms with van der Waals surface area (Å²) in [6.07, 6.45) is 73.3. The first-order valence-corrected chi connectivity index (χ1v) is 29.4. The number of hydrogen-bond donors (Lipinski definition) is 0. The molecule has 6 nitrogen and oxygen atoms in total. The van der Waals surface area contributed by atoms with Crippen LogP contribution in [-0.4, -0.2) is 37.2 Å². The second-order valence-electron chi connectivity index (χ2n) is 19.5. The van der Waals surface area contributed by atoms with Gasteiger partial charge in [-0.05, 0) is 83.5 Å². The molecule has 0 fully saturated rings. The Hall–Kier alpha value is -3.15. The highest BCUT2D eigenvalue weighted by Crippen LogP contribution is 2.16. The molecule has 0 N–H and O–H groups in total. The van der Waals surface area contributed by atoms with Gasteiger partial charge in [-0.1, -0.05) is 261 Å². The van der Waals surface area contributed by atoms with E-state index in [1.165, 1.54) is 167 Å². The lowest BCUT2D eigenvalue weighted by molar-refractivity contribution is -0.167. The minimum atomic E-state index is -0.805. The highest BCUT2D eigenvalue weighted by Gasteiger charge is 2.19. The van der Waals surface area contributed by atoms with Gasteiger partial charge >= 0.3 is 17.9 Å². The molecule has 0 aromatic heterocycles. The van der Waals surface area contributed by atoms with Gasteiger partial charge in [-0.3, -0.25) is 14.4 Å². The largest absolute Gasteiger partial charge is 0.462 e. The molecule has 69 heavy (non-hydrogen) atoms. The summed E-state index contributed by atoms with van der Waals surface area (Å²) >= 11 is 0. The van der Waals surface area contributed by atoms with Crippen molar-refractivity contribution in [2.24, 2.45) is 0 Å². The fraction of sp³-hybridized carbons (Fsp3) is 0.762. The molecule has 398 valence electrons. The first-order chi connectivity index (χ1) is 34.0. The average Bonchev–Trinajstić information content (AvgIpc) is 3.35. The van der Waals surface area contributed by atoms with Crippen LogP contribution in [0.1, 0.15) is 290 Å². The summed E-state index contributed by atoms with van der Waals surface area (Å²) in [5, 5.41) is 0. The Morgan fingerprint density at radius 3 is 0.957 bits per heavy atom. The smallest absolute Gasteiger partial charge is 0.306 e. The molecule has 0 radical (unpaired) electrons. The van der Waals surface area contributed by atoms with Crippen molar-refractivity contribution in [3.63, 3.8) is 0 Å². The third-order valence-corrected chi connectivity index (χ3v) is 12.7. The summed E-state index contributed by atoms with van der Waals surface area (Å²) in [5.41, 5.74) is 0. The molecule has 0 aliphatic rings. The first kappa shape index (κ1) is 65.8. The molecule has 0 rings (SSSR count). The number of esters is 3. The Morgan fingerprint density at radius 2 is 0.580 bits per heavy atom. The normalized spacial score (nSPS) is 12.6. The maximum atomic E-state index is 12.8. The lowest BCUT2D eigenvalue weighted by Gasteiger charge is -2.18. The van der Waals surface area contributed by atoms with Gasteiger partial charge in [0.05, 0.1) is 0 Å². The van der Waals surface area contributed by atoms with E-state index in [1.54, 1.807) is 0 Å². The molecule has 0 saturated carbocycles. The number of carbonyl (C=O) groups is 3. The van der Waals surface area contributed by atoms with Crippen LogP contribution in [0.25, 0.3) is 0 Å². The van der Waals surface area contributed by atoms with Crippen molar-refractivity contribution >= 4 is 17.9 Å². The lowest BCUT2D eigenvalue weighted by Crippen LogP contribution is -2.30. The number of allylic oxidation sites excluding steroid dienone is 12. The van der Waals surface area contributed by atoms with E-state index in [-0.39, 0.29) is 37.5 Å². The van der Waals surface area contributed by atoms with E-state index < -0.39 is 6.10 Å². The second-order valence-corrected chi connectivity index (χ2v) is 19.5. The van der Waals surface area contributed by atoms with Gasteiger partial charge < -0.3 is 14.2 Å².